The molecule has 2 aromatic heterocycles. The van der Waals surface area contributed by atoms with Crippen molar-refractivity contribution in [1.29, 1.82) is 0 Å². The van der Waals surface area contributed by atoms with Crippen molar-refractivity contribution >= 4 is 5.82 Å². The number of piperazine rings is 1. The number of imidazole rings is 1. The topological polar surface area (TPSA) is 60.1 Å². The van der Waals surface area contributed by atoms with E-state index in [9.17, 15) is 0 Å². The molecule has 1 saturated heterocycles. The number of anilines is 1. The Morgan fingerprint density at radius 2 is 2.00 bits per heavy atom. The van der Waals surface area contributed by atoms with Crippen molar-refractivity contribution in [3.8, 4) is 0 Å². The predicted octanol–water partition coefficient (Wildman–Crippen LogP) is 0.846. The molecule has 0 saturated carbocycles. The standard InChI is InChI=1S/C15H22N6/c1-20-6-8-21(9-7-20)15-10-13(2-3-19-15)11-16-12-14-17-4-5-18-14/h2-5,10,16H,6-9,11-12H2,1H3,(H,17,18). The minimum absolute atomic E-state index is 0.749. The van der Waals surface area contributed by atoms with E-state index in [1.807, 2.05) is 12.4 Å². The largest absolute Gasteiger partial charge is 0.354 e. The van der Waals surface area contributed by atoms with Crippen LogP contribution in [0.2, 0.25) is 0 Å². The first-order valence-electron chi connectivity index (χ1n) is 7.38. The molecule has 6 nitrogen and oxygen atoms in total. The Morgan fingerprint density at radius 3 is 2.76 bits per heavy atom. The normalized spacial score (nSPS) is 16.3. The van der Waals surface area contributed by atoms with Crippen molar-refractivity contribution in [1.82, 2.24) is 25.2 Å². The zero-order chi connectivity index (χ0) is 14.5. The molecule has 2 N–H and O–H groups in total. The van der Waals surface area contributed by atoms with Gasteiger partial charge in [-0.05, 0) is 24.7 Å². The first kappa shape index (κ1) is 14.0. The Kier molecular flexibility index (Phi) is 4.47. The molecule has 1 aliphatic heterocycles. The Bertz CT molecular complexity index is 545. The zero-order valence-electron chi connectivity index (χ0n) is 12.4. The number of rotatable bonds is 5. The van der Waals surface area contributed by atoms with E-state index in [1.165, 1.54) is 5.56 Å². The first-order chi connectivity index (χ1) is 10.3. The molecule has 0 amide bonds. The van der Waals surface area contributed by atoms with E-state index >= 15 is 0 Å². The molecule has 0 atom stereocenters. The maximum atomic E-state index is 4.51. The van der Waals surface area contributed by atoms with Gasteiger partial charge in [-0.2, -0.15) is 0 Å². The minimum atomic E-state index is 0.749. The Balaban J connectivity index is 1.55. The monoisotopic (exact) mass is 286 g/mol. The average Bonchev–Trinajstić information content (AvgIpc) is 3.02. The molecular weight excluding hydrogens is 264 g/mol. The van der Waals surface area contributed by atoms with E-state index in [0.717, 1.165) is 50.9 Å². The van der Waals surface area contributed by atoms with Crippen LogP contribution in [0.3, 0.4) is 0 Å². The zero-order valence-corrected chi connectivity index (χ0v) is 12.4. The lowest BCUT2D eigenvalue weighted by Gasteiger charge is -2.33. The smallest absolute Gasteiger partial charge is 0.128 e. The van der Waals surface area contributed by atoms with Crippen molar-refractivity contribution in [3.05, 3.63) is 42.1 Å². The molecule has 0 radical (unpaired) electrons. The van der Waals surface area contributed by atoms with Gasteiger partial charge < -0.3 is 20.1 Å². The molecule has 112 valence electrons. The molecule has 0 unspecified atom stereocenters. The summed E-state index contributed by atoms with van der Waals surface area (Å²) in [6.45, 7) is 5.87. The van der Waals surface area contributed by atoms with E-state index in [0.29, 0.717) is 0 Å². The molecule has 0 aliphatic carbocycles. The molecular formula is C15H22N6. The molecule has 0 spiro atoms. The fourth-order valence-corrected chi connectivity index (χ4v) is 2.50. The highest BCUT2D eigenvalue weighted by Gasteiger charge is 2.15. The van der Waals surface area contributed by atoms with Gasteiger partial charge in [0.1, 0.15) is 11.6 Å². The predicted molar refractivity (Wildman–Crippen MR) is 83.1 cm³/mol. The average molecular weight is 286 g/mol. The van der Waals surface area contributed by atoms with Gasteiger partial charge in [0.05, 0.1) is 6.54 Å². The number of nitrogens with one attached hydrogen (secondary N) is 2. The number of likely N-dealkylation sites (N-methyl/N-ethyl adjacent to an activating group) is 1. The molecule has 0 bridgehead atoms. The molecule has 3 heterocycles. The Morgan fingerprint density at radius 1 is 1.14 bits per heavy atom. The van der Waals surface area contributed by atoms with Crippen LogP contribution in [-0.4, -0.2) is 53.1 Å². The first-order valence-corrected chi connectivity index (χ1v) is 7.38. The minimum Gasteiger partial charge on any atom is -0.354 e. The highest BCUT2D eigenvalue weighted by atomic mass is 15.3. The summed E-state index contributed by atoms with van der Waals surface area (Å²) in [5, 5.41) is 3.39. The fraction of sp³-hybridized carbons (Fsp3) is 0.467. The van der Waals surface area contributed by atoms with Crippen LogP contribution < -0.4 is 10.2 Å². The maximum absolute atomic E-state index is 4.51. The molecule has 3 rings (SSSR count). The Labute approximate surface area is 125 Å². The van der Waals surface area contributed by atoms with Gasteiger partial charge >= 0.3 is 0 Å². The lowest BCUT2D eigenvalue weighted by molar-refractivity contribution is 0.312. The molecule has 21 heavy (non-hydrogen) atoms. The van der Waals surface area contributed by atoms with Crippen molar-refractivity contribution in [2.45, 2.75) is 13.1 Å². The summed E-state index contributed by atoms with van der Waals surface area (Å²) in [7, 11) is 2.17. The van der Waals surface area contributed by atoms with Crippen LogP contribution in [0, 0.1) is 0 Å². The Hall–Kier alpha value is -1.92. The molecule has 0 aromatic carbocycles. The number of aromatic amines is 1. The summed E-state index contributed by atoms with van der Waals surface area (Å²) < 4.78 is 0. The third-order valence-corrected chi connectivity index (χ3v) is 3.81. The van der Waals surface area contributed by atoms with E-state index < -0.39 is 0 Å². The molecule has 2 aromatic rings. The summed E-state index contributed by atoms with van der Waals surface area (Å²) in [5.74, 6) is 2.05. The van der Waals surface area contributed by atoms with Gasteiger partial charge in [-0.25, -0.2) is 9.97 Å². The summed E-state index contributed by atoms with van der Waals surface area (Å²) in [6.07, 6.45) is 5.52. The summed E-state index contributed by atoms with van der Waals surface area (Å²) in [4.78, 5) is 16.5. The van der Waals surface area contributed by atoms with Crippen molar-refractivity contribution < 1.29 is 0 Å². The van der Waals surface area contributed by atoms with Crippen LogP contribution in [0.15, 0.2) is 30.7 Å². The maximum Gasteiger partial charge on any atom is 0.128 e. The summed E-state index contributed by atoms with van der Waals surface area (Å²) >= 11 is 0. The van der Waals surface area contributed by atoms with Gasteiger partial charge in [-0.15, -0.1) is 0 Å². The summed E-state index contributed by atoms with van der Waals surface area (Å²) in [6, 6.07) is 4.25. The van der Waals surface area contributed by atoms with Crippen molar-refractivity contribution in [2.24, 2.45) is 0 Å². The third kappa shape index (κ3) is 3.80. The van der Waals surface area contributed by atoms with Gasteiger partial charge in [-0.1, -0.05) is 0 Å². The van der Waals surface area contributed by atoms with Gasteiger partial charge in [0.2, 0.25) is 0 Å². The van der Waals surface area contributed by atoms with Crippen LogP contribution in [-0.2, 0) is 13.1 Å². The van der Waals surface area contributed by atoms with Crippen molar-refractivity contribution in [3.63, 3.8) is 0 Å². The van der Waals surface area contributed by atoms with Crippen molar-refractivity contribution in [2.75, 3.05) is 38.1 Å². The fourth-order valence-electron chi connectivity index (χ4n) is 2.50. The number of pyridine rings is 1. The molecule has 6 heteroatoms. The lowest BCUT2D eigenvalue weighted by Crippen LogP contribution is -2.44. The molecule has 1 aliphatic rings. The highest BCUT2D eigenvalue weighted by molar-refractivity contribution is 5.41. The van der Waals surface area contributed by atoms with Crippen LogP contribution in [0.25, 0.3) is 0 Å². The van der Waals surface area contributed by atoms with E-state index in [1.54, 1.807) is 6.20 Å². The van der Waals surface area contributed by atoms with E-state index in [4.69, 9.17) is 0 Å². The quantitative estimate of drug-likeness (QED) is 0.853. The highest BCUT2D eigenvalue weighted by Crippen LogP contribution is 2.14. The second kappa shape index (κ2) is 6.69. The van der Waals surface area contributed by atoms with Gasteiger partial charge in [0, 0.05) is 51.3 Å². The van der Waals surface area contributed by atoms with E-state index in [2.05, 4.69) is 49.2 Å². The number of H-pyrrole nitrogens is 1. The van der Waals surface area contributed by atoms with Gasteiger partial charge in [-0.3, -0.25) is 0 Å². The van der Waals surface area contributed by atoms with Crippen LogP contribution >= 0.6 is 0 Å². The molecule has 1 fully saturated rings. The second-order valence-electron chi connectivity index (χ2n) is 5.45. The number of hydrogen-bond donors (Lipinski definition) is 2. The number of nitrogens with zero attached hydrogens (tertiary/aromatic N) is 4. The summed E-state index contributed by atoms with van der Waals surface area (Å²) in [5.41, 5.74) is 1.26. The third-order valence-electron chi connectivity index (χ3n) is 3.81. The van der Waals surface area contributed by atoms with Crippen LogP contribution in [0.1, 0.15) is 11.4 Å². The second-order valence-corrected chi connectivity index (χ2v) is 5.45. The van der Waals surface area contributed by atoms with Gasteiger partial charge in [0.15, 0.2) is 0 Å². The van der Waals surface area contributed by atoms with Gasteiger partial charge in [0.25, 0.3) is 0 Å². The lowest BCUT2D eigenvalue weighted by atomic mass is 10.2. The van der Waals surface area contributed by atoms with E-state index in [-0.39, 0.29) is 0 Å². The SMILES string of the molecule is CN1CCN(c2cc(CNCc3ncc[nH]3)ccn2)CC1. The number of hydrogen-bond acceptors (Lipinski definition) is 5. The van der Waals surface area contributed by atoms with Crippen LogP contribution in [0.4, 0.5) is 5.82 Å². The van der Waals surface area contributed by atoms with Crippen LogP contribution in [0.5, 0.6) is 0 Å². The number of aromatic nitrogens is 3.